The number of carbonyl (C=O) groups is 1. The number of nitrogens with one attached hydrogen (secondary N) is 1. The van der Waals surface area contributed by atoms with Crippen LogP contribution >= 0.6 is 11.3 Å². The van der Waals surface area contributed by atoms with E-state index in [1.807, 2.05) is 36.5 Å². The molecule has 9 heteroatoms. The second kappa shape index (κ2) is 8.52. The number of thiazole rings is 1. The van der Waals surface area contributed by atoms with Gasteiger partial charge >= 0.3 is 0 Å². The van der Waals surface area contributed by atoms with Gasteiger partial charge in [0.2, 0.25) is 0 Å². The van der Waals surface area contributed by atoms with Gasteiger partial charge in [-0.1, -0.05) is 24.3 Å². The van der Waals surface area contributed by atoms with Crippen molar-refractivity contribution in [1.82, 2.24) is 20.1 Å². The zero-order chi connectivity index (χ0) is 21.1. The van der Waals surface area contributed by atoms with Gasteiger partial charge in [0.1, 0.15) is 22.3 Å². The van der Waals surface area contributed by atoms with E-state index in [1.54, 1.807) is 16.3 Å². The molecule has 0 fully saturated rings. The van der Waals surface area contributed by atoms with Crippen LogP contribution in [0.5, 0.6) is 0 Å². The molecule has 2 heterocycles. The van der Waals surface area contributed by atoms with Crippen LogP contribution in [0.3, 0.4) is 0 Å². The lowest BCUT2D eigenvalue weighted by atomic mass is 10.1. The molecule has 0 aliphatic carbocycles. The number of nitrogens with zero attached hydrogens (tertiary/aromatic N) is 3. The number of amides is 1. The predicted octanol–water partition coefficient (Wildman–Crippen LogP) is 3.74. The van der Waals surface area contributed by atoms with Crippen molar-refractivity contribution >= 4 is 17.2 Å². The van der Waals surface area contributed by atoms with Crippen LogP contribution in [-0.4, -0.2) is 32.3 Å². The van der Waals surface area contributed by atoms with Crippen LogP contribution in [0.1, 0.15) is 22.2 Å². The Bertz CT molecular complexity index is 1180. The van der Waals surface area contributed by atoms with Crippen molar-refractivity contribution in [3.05, 3.63) is 89.2 Å². The average Bonchev–Trinajstić information content (AvgIpc) is 3.42. The lowest BCUT2D eigenvalue weighted by Crippen LogP contribution is -2.29. The number of aliphatic hydroxyl groups excluding tert-OH is 1. The number of para-hydroxylation sites is 1. The van der Waals surface area contributed by atoms with Crippen LogP contribution in [0, 0.1) is 11.6 Å². The summed E-state index contributed by atoms with van der Waals surface area (Å²) in [6, 6.07) is 12.5. The molecule has 2 aromatic carbocycles. The maximum absolute atomic E-state index is 13.7. The molecule has 1 atom stereocenters. The summed E-state index contributed by atoms with van der Waals surface area (Å²) < 4.78 is 28.4. The zero-order valence-electron chi connectivity index (χ0n) is 15.5. The summed E-state index contributed by atoms with van der Waals surface area (Å²) >= 11 is 1.28. The lowest BCUT2D eigenvalue weighted by Gasteiger charge is -2.12. The number of hydrogen-bond acceptors (Lipinski definition) is 5. The number of benzene rings is 2. The van der Waals surface area contributed by atoms with Gasteiger partial charge in [0, 0.05) is 35.3 Å². The number of aromatic nitrogens is 3. The molecule has 2 N–H and O–H groups in total. The fourth-order valence-corrected chi connectivity index (χ4v) is 3.60. The van der Waals surface area contributed by atoms with Gasteiger partial charge in [-0.15, -0.1) is 11.3 Å². The molecule has 0 saturated carbocycles. The highest BCUT2D eigenvalue weighted by atomic mass is 32.1. The van der Waals surface area contributed by atoms with E-state index < -0.39 is 23.6 Å². The molecule has 2 aromatic heterocycles. The van der Waals surface area contributed by atoms with E-state index in [2.05, 4.69) is 15.4 Å². The molecule has 0 radical (unpaired) electrons. The van der Waals surface area contributed by atoms with Gasteiger partial charge in [0.05, 0.1) is 18.0 Å². The van der Waals surface area contributed by atoms with Gasteiger partial charge in [0.25, 0.3) is 5.91 Å². The first-order valence-electron chi connectivity index (χ1n) is 8.98. The molecule has 4 rings (SSSR count). The highest BCUT2D eigenvalue weighted by molar-refractivity contribution is 7.13. The molecule has 30 heavy (non-hydrogen) atoms. The summed E-state index contributed by atoms with van der Waals surface area (Å²) in [5, 5.41) is 19.1. The Labute approximate surface area is 174 Å². The fraction of sp³-hybridized carbons (Fsp3) is 0.0952. The third kappa shape index (κ3) is 4.27. The third-order valence-corrected chi connectivity index (χ3v) is 5.26. The van der Waals surface area contributed by atoms with Crippen LogP contribution < -0.4 is 5.32 Å². The molecule has 0 saturated heterocycles. The predicted molar refractivity (Wildman–Crippen MR) is 108 cm³/mol. The van der Waals surface area contributed by atoms with E-state index in [-0.39, 0.29) is 17.8 Å². The van der Waals surface area contributed by atoms with Crippen molar-refractivity contribution < 1.29 is 18.7 Å². The SMILES string of the molecule is O=C(NCC(O)c1ccc(F)cc1F)c1csc(-c2cnn(-c3ccccc3)c2)n1. The Morgan fingerprint density at radius 1 is 1.20 bits per heavy atom. The number of hydrogen-bond donors (Lipinski definition) is 2. The largest absolute Gasteiger partial charge is 0.386 e. The Morgan fingerprint density at radius 3 is 2.77 bits per heavy atom. The van der Waals surface area contributed by atoms with Crippen molar-refractivity contribution in [3.63, 3.8) is 0 Å². The van der Waals surface area contributed by atoms with Crippen molar-refractivity contribution in [2.45, 2.75) is 6.10 Å². The Kier molecular flexibility index (Phi) is 5.64. The normalized spacial score (nSPS) is 12.0. The first kappa shape index (κ1) is 19.9. The van der Waals surface area contributed by atoms with Gasteiger partial charge in [-0.05, 0) is 18.2 Å². The molecule has 0 bridgehead atoms. The topological polar surface area (TPSA) is 80.0 Å². The summed E-state index contributed by atoms with van der Waals surface area (Å²) in [4.78, 5) is 16.7. The van der Waals surface area contributed by atoms with Crippen LogP contribution in [0.4, 0.5) is 8.78 Å². The smallest absolute Gasteiger partial charge is 0.270 e. The van der Waals surface area contributed by atoms with Crippen LogP contribution in [0.25, 0.3) is 16.3 Å². The van der Waals surface area contributed by atoms with E-state index in [0.717, 1.165) is 23.4 Å². The second-order valence-electron chi connectivity index (χ2n) is 6.44. The van der Waals surface area contributed by atoms with E-state index >= 15 is 0 Å². The van der Waals surface area contributed by atoms with Gasteiger partial charge in [-0.3, -0.25) is 4.79 Å². The van der Waals surface area contributed by atoms with Gasteiger partial charge in [-0.2, -0.15) is 5.10 Å². The Balaban J connectivity index is 1.41. The average molecular weight is 426 g/mol. The van der Waals surface area contributed by atoms with Crippen LogP contribution in [-0.2, 0) is 0 Å². The van der Waals surface area contributed by atoms with E-state index in [1.165, 1.54) is 11.3 Å². The van der Waals surface area contributed by atoms with Crippen LogP contribution in [0.15, 0.2) is 66.3 Å². The minimum Gasteiger partial charge on any atom is -0.386 e. The van der Waals surface area contributed by atoms with Crippen molar-refractivity contribution in [2.75, 3.05) is 6.54 Å². The standard InChI is InChI=1S/C21H16F2N4O2S/c22-14-6-7-16(17(23)8-14)19(28)10-24-20(29)18-12-30-21(26-18)13-9-25-27(11-13)15-4-2-1-3-5-15/h1-9,11-12,19,28H,10H2,(H,24,29). The number of carbonyl (C=O) groups excluding carboxylic acids is 1. The molecule has 1 amide bonds. The molecule has 4 aromatic rings. The second-order valence-corrected chi connectivity index (χ2v) is 7.30. The zero-order valence-corrected chi connectivity index (χ0v) is 16.3. The molecule has 0 spiro atoms. The van der Waals surface area contributed by atoms with Gasteiger partial charge in [-0.25, -0.2) is 18.4 Å². The van der Waals surface area contributed by atoms with E-state index in [0.29, 0.717) is 11.1 Å². The number of aliphatic hydroxyl groups is 1. The molecule has 1 unspecified atom stereocenters. The molecule has 152 valence electrons. The lowest BCUT2D eigenvalue weighted by molar-refractivity contribution is 0.0910. The maximum atomic E-state index is 13.7. The number of halogens is 2. The summed E-state index contributed by atoms with van der Waals surface area (Å²) in [7, 11) is 0. The third-order valence-electron chi connectivity index (χ3n) is 4.36. The molecular weight excluding hydrogens is 410 g/mol. The quantitative estimate of drug-likeness (QED) is 0.492. The molecule has 0 aliphatic heterocycles. The maximum Gasteiger partial charge on any atom is 0.270 e. The van der Waals surface area contributed by atoms with Gasteiger partial charge < -0.3 is 10.4 Å². The minimum atomic E-state index is -1.31. The fourth-order valence-electron chi connectivity index (χ4n) is 2.83. The first-order valence-corrected chi connectivity index (χ1v) is 9.86. The van der Waals surface area contributed by atoms with E-state index in [4.69, 9.17) is 0 Å². The summed E-state index contributed by atoms with van der Waals surface area (Å²) in [6.45, 7) is -0.236. The van der Waals surface area contributed by atoms with Crippen molar-refractivity contribution in [3.8, 4) is 16.3 Å². The molecule has 0 aliphatic rings. The molecule has 6 nitrogen and oxygen atoms in total. The van der Waals surface area contributed by atoms with Crippen LogP contribution in [0.2, 0.25) is 0 Å². The Morgan fingerprint density at radius 2 is 2.00 bits per heavy atom. The monoisotopic (exact) mass is 426 g/mol. The van der Waals surface area contributed by atoms with Crippen molar-refractivity contribution in [2.24, 2.45) is 0 Å². The summed E-state index contributed by atoms with van der Waals surface area (Å²) in [5.74, 6) is -2.12. The number of rotatable bonds is 6. The summed E-state index contributed by atoms with van der Waals surface area (Å²) in [5.41, 5.74) is 1.75. The highest BCUT2D eigenvalue weighted by Crippen LogP contribution is 2.24. The minimum absolute atomic E-state index is 0.0935. The van der Waals surface area contributed by atoms with Gasteiger partial charge in [0.15, 0.2) is 0 Å². The van der Waals surface area contributed by atoms with E-state index in [9.17, 15) is 18.7 Å². The first-order chi connectivity index (χ1) is 14.5. The summed E-state index contributed by atoms with van der Waals surface area (Å²) in [6.07, 6.45) is 2.17. The van der Waals surface area contributed by atoms with Crippen molar-refractivity contribution in [1.29, 1.82) is 0 Å². The Hall–Kier alpha value is -3.43. The molecular formula is C21H16F2N4O2S. The highest BCUT2D eigenvalue weighted by Gasteiger charge is 2.17.